The number of hydrogen-bond acceptors (Lipinski definition) is 2. The predicted molar refractivity (Wildman–Crippen MR) is 42.3 cm³/mol. The highest BCUT2D eigenvalue weighted by Gasteiger charge is 2.08. The van der Waals surface area contributed by atoms with Crippen LogP contribution in [0.4, 0.5) is 0 Å². The van der Waals surface area contributed by atoms with Gasteiger partial charge in [-0.25, -0.2) is 0 Å². The second-order valence-corrected chi connectivity index (χ2v) is 1.81. The summed E-state index contributed by atoms with van der Waals surface area (Å²) in [7, 11) is 0. The van der Waals surface area contributed by atoms with Gasteiger partial charge in [0.15, 0.2) is 0 Å². The first-order chi connectivity index (χ1) is 4.18. The fourth-order valence-electron chi connectivity index (χ4n) is 0.421. The molecule has 4 heteroatoms. The Morgan fingerprint density at radius 1 is 1.80 bits per heavy atom. The summed E-state index contributed by atoms with van der Waals surface area (Å²) < 4.78 is 0. The maximum Gasteiger partial charge on any atom is 0.320 e. The zero-order chi connectivity index (χ0) is 7.28. The Hall–Kier alpha value is -0.540. The molecule has 0 spiro atoms. The van der Waals surface area contributed by atoms with Crippen LogP contribution < -0.4 is 5.73 Å². The van der Waals surface area contributed by atoms with Gasteiger partial charge in [-0.05, 0) is 12.8 Å². The highest BCUT2D eigenvalue weighted by atomic mass is 35.5. The maximum atomic E-state index is 10.0. The lowest BCUT2D eigenvalue weighted by Gasteiger charge is -2.01. The fourth-order valence-corrected chi connectivity index (χ4v) is 0.421. The monoisotopic (exact) mass is 165 g/mol. The van der Waals surface area contributed by atoms with E-state index in [9.17, 15) is 4.79 Å². The molecule has 60 valence electrons. The lowest BCUT2D eigenvalue weighted by molar-refractivity contribution is -0.138. The summed E-state index contributed by atoms with van der Waals surface area (Å²) in [6, 6.07) is -0.733. The van der Waals surface area contributed by atoms with Gasteiger partial charge in [-0.1, -0.05) is 6.08 Å². The molecule has 0 aromatic rings. The number of carbonyl (C=O) groups is 1. The molecule has 0 saturated carbocycles. The first-order valence-corrected chi connectivity index (χ1v) is 2.77. The standard InChI is InChI=1S/C6H11NO2.ClH/c1-2-3-4-5(7)6(8)9;/h2,5H,1,3-4,7H2,(H,8,9);1H. The lowest BCUT2D eigenvalue weighted by Crippen LogP contribution is -2.29. The molecule has 0 heterocycles. The Labute approximate surface area is 66.3 Å². The Bertz CT molecular complexity index is 116. The SMILES string of the molecule is C=CCCC(N)C(=O)O.Cl. The molecule has 3 nitrogen and oxygen atoms in total. The summed E-state index contributed by atoms with van der Waals surface area (Å²) in [6.45, 7) is 3.44. The third kappa shape index (κ3) is 5.59. The van der Waals surface area contributed by atoms with Crippen molar-refractivity contribution in [3.63, 3.8) is 0 Å². The van der Waals surface area contributed by atoms with Crippen molar-refractivity contribution in [2.45, 2.75) is 18.9 Å². The van der Waals surface area contributed by atoms with Crippen LogP contribution in [0.3, 0.4) is 0 Å². The summed E-state index contributed by atoms with van der Waals surface area (Å²) in [4.78, 5) is 10.0. The molecule has 0 fully saturated rings. The van der Waals surface area contributed by atoms with E-state index in [1.807, 2.05) is 0 Å². The molecule has 1 unspecified atom stereocenters. The number of halogens is 1. The van der Waals surface area contributed by atoms with Gasteiger partial charge in [0.1, 0.15) is 6.04 Å². The number of carboxylic acids is 1. The van der Waals surface area contributed by atoms with Gasteiger partial charge in [0.25, 0.3) is 0 Å². The van der Waals surface area contributed by atoms with E-state index in [-0.39, 0.29) is 12.4 Å². The number of allylic oxidation sites excluding steroid dienone is 1. The zero-order valence-corrected chi connectivity index (χ0v) is 6.43. The van der Waals surface area contributed by atoms with E-state index in [2.05, 4.69) is 6.58 Å². The Kier molecular flexibility index (Phi) is 8.00. The van der Waals surface area contributed by atoms with Crippen molar-refractivity contribution in [3.05, 3.63) is 12.7 Å². The minimum Gasteiger partial charge on any atom is -0.480 e. The zero-order valence-electron chi connectivity index (χ0n) is 5.62. The van der Waals surface area contributed by atoms with Gasteiger partial charge in [0.2, 0.25) is 0 Å². The first-order valence-electron chi connectivity index (χ1n) is 2.77. The number of carboxylic acid groups (broad SMARTS) is 1. The largest absolute Gasteiger partial charge is 0.480 e. The lowest BCUT2D eigenvalue weighted by atomic mass is 10.2. The van der Waals surface area contributed by atoms with Crippen molar-refractivity contribution in [1.29, 1.82) is 0 Å². The molecule has 0 aromatic carbocycles. The fraction of sp³-hybridized carbons (Fsp3) is 0.500. The Balaban J connectivity index is 0. The minimum absolute atomic E-state index is 0. The van der Waals surface area contributed by atoms with Crippen molar-refractivity contribution < 1.29 is 9.90 Å². The van der Waals surface area contributed by atoms with Crippen molar-refractivity contribution in [3.8, 4) is 0 Å². The molecule has 0 radical (unpaired) electrons. The van der Waals surface area contributed by atoms with E-state index < -0.39 is 12.0 Å². The van der Waals surface area contributed by atoms with Crippen LogP contribution in [0.15, 0.2) is 12.7 Å². The molecule has 1 atom stereocenters. The van der Waals surface area contributed by atoms with Gasteiger partial charge in [-0.2, -0.15) is 0 Å². The van der Waals surface area contributed by atoms with Crippen molar-refractivity contribution in [1.82, 2.24) is 0 Å². The summed E-state index contributed by atoms with van der Waals surface area (Å²) in [5, 5.41) is 8.25. The molecule has 0 aliphatic carbocycles. The number of aliphatic carboxylic acids is 1. The summed E-state index contributed by atoms with van der Waals surface area (Å²) in [5.74, 6) is -0.947. The number of nitrogens with two attached hydrogens (primary N) is 1. The Morgan fingerprint density at radius 3 is 2.60 bits per heavy atom. The second-order valence-electron chi connectivity index (χ2n) is 1.81. The molecule has 3 N–H and O–H groups in total. The molecule has 0 bridgehead atoms. The minimum atomic E-state index is -0.947. The first kappa shape index (κ1) is 12.2. The van der Waals surface area contributed by atoms with Crippen LogP contribution >= 0.6 is 12.4 Å². The van der Waals surface area contributed by atoms with Crippen LogP contribution in [-0.2, 0) is 4.79 Å². The molecule has 10 heavy (non-hydrogen) atoms. The molecular formula is C6H12ClNO2. The van der Waals surface area contributed by atoms with E-state index in [1.165, 1.54) is 0 Å². The van der Waals surface area contributed by atoms with Crippen molar-refractivity contribution in [2.75, 3.05) is 0 Å². The van der Waals surface area contributed by atoms with Crippen molar-refractivity contribution >= 4 is 18.4 Å². The molecule has 0 aromatic heterocycles. The van der Waals surface area contributed by atoms with E-state index in [4.69, 9.17) is 10.8 Å². The van der Waals surface area contributed by atoms with E-state index >= 15 is 0 Å². The highest BCUT2D eigenvalue weighted by molar-refractivity contribution is 5.85. The smallest absolute Gasteiger partial charge is 0.320 e. The second kappa shape index (κ2) is 6.58. The molecular weight excluding hydrogens is 154 g/mol. The van der Waals surface area contributed by atoms with Crippen LogP contribution in [0.5, 0.6) is 0 Å². The molecule has 0 saturated heterocycles. The maximum absolute atomic E-state index is 10.0. The highest BCUT2D eigenvalue weighted by Crippen LogP contribution is 1.93. The van der Waals surface area contributed by atoms with E-state index in [0.717, 1.165) is 0 Å². The Morgan fingerprint density at radius 2 is 2.30 bits per heavy atom. The normalized spacial score (nSPS) is 11.3. The molecule has 0 rings (SSSR count). The van der Waals surface area contributed by atoms with Crippen LogP contribution in [0.2, 0.25) is 0 Å². The average molecular weight is 166 g/mol. The summed E-state index contributed by atoms with van der Waals surface area (Å²) in [5.41, 5.74) is 5.16. The summed E-state index contributed by atoms with van der Waals surface area (Å²) in [6.07, 6.45) is 2.79. The predicted octanol–water partition coefficient (Wildman–Crippen LogP) is 0.786. The van der Waals surface area contributed by atoms with Gasteiger partial charge in [-0.3, -0.25) is 4.79 Å². The third-order valence-electron chi connectivity index (χ3n) is 0.999. The van der Waals surface area contributed by atoms with Crippen LogP contribution in [0.1, 0.15) is 12.8 Å². The van der Waals surface area contributed by atoms with E-state index in [1.54, 1.807) is 6.08 Å². The van der Waals surface area contributed by atoms with Crippen molar-refractivity contribution in [2.24, 2.45) is 5.73 Å². The quantitative estimate of drug-likeness (QED) is 0.606. The topological polar surface area (TPSA) is 63.3 Å². The van der Waals surface area contributed by atoms with Crippen LogP contribution in [0, 0.1) is 0 Å². The van der Waals surface area contributed by atoms with Gasteiger partial charge < -0.3 is 10.8 Å². The average Bonchev–Trinajstić information content (AvgIpc) is 1.82. The summed E-state index contributed by atoms with van der Waals surface area (Å²) >= 11 is 0. The third-order valence-corrected chi connectivity index (χ3v) is 0.999. The van der Waals surface area contributed by atoms with Crippen LogP contribution in [0.25, 0.3) is 0 Å². The number of rotatable bonds is 4. The van der Waals surface area contributed by atoms with Crippen LogP contribution in [-0.4, -0.2) is 17.1 Å². The molecule has 0 amide bonds. The van der Waals surface area contributed by atoms with Gasteiger partial charge in [0, 0.05) is 0 Å². The van der Waals surface area contributed by atoms with E-state index in [0.29, 0.717) is 12.8 Å². The molecule has 0 aliphatic rings. The van der Waals surface area contributed by atoms with Gasteiger partial charge >= 0.3 is 5.97 Å². The molecule has 0 aliphatic heterocycles. The van der Waals surface area contributed by atoms with Gasteiger partial charge in [-0.15, -0.1) is 19.0 Å². The van der Waals surface area contributed by atoms with Gasteiger partial charge in [0.05, 0.1) is 0 Å². The number of hydrogen-bond donors (Lipinski definition) is 2.